The number of hydrogen-bond acceptors (Lipinski definition) is 5. The Labute approximate surface area is 178 Å². The Morgan fingerprint density at radius 2 is 1.90 bits per heavy atom. The van der Waals surface area contributed by atoms with Crippen molar-refractivity contribution in [1.29, 1.82) is 0 Å². The van der Waals surface area contributed by atoms with Gasteiger partial charge in [0.15, 0.2) is 5.78 Å². The van der Waals surface area contributed by atoms with Crippen LogP contribution in [0, 0.1) is 12.7 Å². The van der Waals surface area contributed by atoms with Crippen molar-refractivity contribution in [2.75, 3.05) is 6.61 Å². The van der Waals surface area contributed by atoms with Crippen molar-refractivity contribution in [3.05, 3.63) is 82.0 Å². The van der Waals surface area contributed by atoms with Gasteiger partial charge >= 0.3 is 0 Å². The minimum absolute atomic E-state index is 0.0221. The summed E-state index contributed by atoms with van der Waals surface area (Å²) in [4.78, 5) is 14.3. The van der Waals surface area contributed by atoms with E-state index in [9.17, 15) is 19.4 Å². The van der Waals surface area contributed by atoms with Crippen LogP contribution in [0.2, 0.25) is 0 Å². The molecule has 0 saturated carbocycles. The lowest BCUT2D eigenvalue weighted by molar-refractivity contribution is -0.163. The molecule has 1 aliphatic heterocycles. The minimum atomic E-state index is -1.23. The van der Waals surface area contributed by atoms with Crippen LogP contribution in [0.25, 0.3) is 10.4 Å². The molecule has 0 radical (unpaired) electrons. The number of Topliss-reactive ketones (excluding diaryl/α,β-unsaturated/α-hetero) is 1. The molecule has 4 rings (SSSR count). The summed E-state index contributed by atoms with van der Waals surface area (Å²) in [7, 11) is 0. The first-order valence-corrected chi connectivity index (χ1v) is 10.7. The monoisotopic (exact) mass is 426 g/mol. The number of hydrogen-bond donors (Lipinski definition) is 2. The number of aliphatic hydroxyl groups is 2. The van der Waals surface area contributed by atoms with Gasteiger partial charge in [0.25, 0.3) is 0 Å². The molecular formula is C24H23FO4S. The summed E-state index contributed by atoms with van der Waals surface area (Å²) in [6, 6.07) is 16.3. The van der Waals surface area contributed by atoms with E-state index < -0.39 is 18.3 Å². The zero-order valence-electron chi connectivity index (χ0n) is 16.5. The lowest BCUT2D eigenvalue weighted by Gasteiger charge is -2.32. The Balaban J connectivity index is 1.57. The molecule has 0 spiro atoms. The minimum Gasteiger partial charge on any atom is -0.394 e. The number of carbonyl (C=O) groups is 1. The average Bonchev–Trinajstić information content (AvgIpc) is 3.20. The maximum absolute atomic E-state index is 13.2. The van der Waals surface area contributed by atoms with Crippen molar-refractivity contribution in [2.45, 2.75) is 38.1 Å². The zero-order chi connectivity index (χ0) is 21.3. The average molecular weight is 427 g/mol. The van der Waals surface area contributed by atoms with E-state index in [4.69, 9.17) is 4.74 Å². The summed E-state index contributed by atoms with van der Waals surface area (Å²) in [5.41, 5.74) is 3.88. The molecule has 6 heteroatoms. The highest BCUT2D eigenvalue weighted by molar-refractivity contribution is 7.15. The molecule has 1 saturated heterocycles. The van der Waals surface area contributed by atoms with Crippen LogP contribution in [0.5, 0.6) is 0 Å². The number of aryl methyl sites for hydroxylation is 1. The molecule has 2 N–H and O–H groups in total. The van der Waals surface area contributed by atoms with E-state index >= 15 is 0 Å². The summed E-state index contributed by atoms with van der Waals surface area (Å²) in [6.45, 7) is 1.77. The number of rotatable bonds is 5. The van der Waals surface area contributed by atoms with Crippen LogP contribution in [0.4, 0.5) is 4.39 Å². The topological polar surface area (TPSA) is 66.8 Å². The maximum Gasteiger partial charge on any atom is 0.166 e. The fraction of sp³-hybridized carbons (Fsp3) is 0.292. The molecule has 0 amide bonds. The number of halogens is 1. The third kappa shape index (κ3) is 4.37. The second-order valence-electron chi connectivity index (χ2n) is 7.61. The van der Waals surface area contributed by atoms with Gasteiger partial charge in [-0.2, -0.15) is 0 Å². The van der Waals surface area contributed by atoms with E-state index in [-0.39, 0.29) is 24.6 Å². The van der Waals surface area contributed by atoms with Gasteiger partial charge in [-0.15, -0.1) is 11.3 Å². The molecule has 2 aromatic carbocycles. The van der Waals surface area contributed by atoms with Gasteiger partial charge in [-0.3, -0.25) is 4.79 Å². The number of ether oxygens (including phenoxy) is 1. The number of aliphatic hydroxyl groups excluding tert-OH is 2. The van der Waals surface area contributed by atoms with Gasteiger partial charge in [0.2, 0.25) is 0 Å². The van der Waals surface area contributed by atoms with E-state index in [0.29, 0.717) is 6.42 Å². The van der Waals surface area contributed by atoms with Crippen LogP contribution in [-0.2, 0) is 16.0 Å². The molecule has 4 nitrogen and oxygen atoms in total. The predicted molar refractivity (Wildman–Crippen MR) is 114 cm³/mol. The van der Waals surface area contributed by atoms with E-state index in [1.807, 2.05) is 31.2 Å². The summed E-state index contributed by atoms with van der Waals surface area (Å²) in [5, 5.41) is 19.7. The van der Waals surface area contributed by atoms with Crippen LogP contribution in [0.15, 0.2) is 54.6 Å². The van der Waals surface area contributed by atoms with Crippen LogP contribution in [0.1, 0.15) is 34.1 Å². The number of benzene rings is 2. The van der Waals surface area contributed by atoms with Crippen LogP contribution in [0.3, 0.4) is 0 Å². The van der Waals surface area contributed by atoms with E-state index in [2.05, 4.69) is 6.07 Å². The highest BCUT2D eigenvalue weighted by Crippen LogP contribution is 2.33. The van der Waals surface area contributed by atoms with Crippen molar-refractivity contribution >= 4 is 17.1 Å². The summed E-state index contributed by atoms with van der Waals surface area (Å²) in [6.07, 6.45) is -1.87. The van der Waals surface area contributed by atoms with Gasteiger partial charge in [0.1, 0.15) is 18.0 Å². The van der Waals surface area contributed by atoms with Gasteiger partial charge in [-0.1, -0.05) is 30.3 Å². The lowest BCUT2D eigenvalue weighted by atomic mass is 9.92. The maximum atomic E-state index is 13.2. The van der Waals surface area contributed by atoms with Crippen molar-refractivity contribution in [2.24, 2.45) is 0 Å². The quantitative estimate of drug-likeness (QED) is 0.642. The molecule has 0 unspecified atom stereocenters. The fourth-order valence-electron chi connectivity index (χ4n) is 3.70. The summed E-state index contributed by atoms with van der Waals surface area (Å²) in [5.74, 6) is -0.563. The number of thiophene rings is 1. The highest BCUT2D eigenvalue weighted by Gasteiger charge is 2.37. The van der Waals surface area contributed by atoms with Gasteiger partial charge in [-0.05, 0) is 53.4 Å². The molecule has 0 aliphatic carbocycles. The van der Waals surface area contributed by atoms with Crippen molar-refractivity contribution in [3.63, 3.8) is 0 Å². The molecule has 2 heterocycles. The molecule has 0 bridgehead atoms. The Morgan fingerprint density at radius 3 is 2.63 bits per heavy atom. The molecule has 30 heavy (non-hydrogen) atoms. The van der Waals surface area contributed by atoms with Gasteiger partial charge in [-0.25, -0.2) is 4.39 Å². The zero-order valence-corrected chi connectivity index (χ0v) is 17.4. The summed E-state index contributed by atoms with van der Waals surface area (Å²) >= 11 is 1.65. The SMILES string of the molecule is Cc1ccc([C@@H]2O[C@H](CO)CC(=O)[C@@H]2O)cc1Cc1ccc(-c2ccc(F)cc2)s1. The first kappa shape index (κ1) is 20.9. The molecule has 1 aliphatic rings. The third-order valence-electron chi connectivity index (χ3n) is 5.44. The predicted octanol–water partition coefficient (Wildman–Crippen LogP) is 4.21. The Hall–Kier alpha value is -2.38. The summed E-state index contributed by atoms with van der Waals surface area (Å²) < 4.78 is 18.9. The molecular weight excluding hydrogens is 403 g/mol. The second kappa shape index (κ2) is 8.78. The normalized spacial score (nSPS) is 21.7. The van der Waals surface area contributed by atoms with Gasteiger partial charge in [0, 0.05) is 22.6 Å². The van der Waals surface area contributed by atoms with Gasteiger partial charge in [0.05, 0.1) is 12.7 Å². The Kier molecular flexibility index (Phi) is 6.11. The lowest BCUT2D eigenvalue weighted by Crippen LogP contribution is -2.41. The molecule has 1 aromatic heterocycles. The fourth-order valence-corrected chi connectivity index (χ4v) is 4.74. The van der Waals surface area contributed by atoms with Crippen LogP contribution >= 0.6 is 11.3 Å². The van der Waals surface area contributed by atoms with Crippen molar-refractivity contribution in [1.82, 2.24) is 0 Å². The highest BCUT2D eigenvalue weighted by atomic mass is 32.1. The van der Waals surface area contributed by atoms with E-state index in [1.165, 1.54) is 12.1 Å². The molecule has 3 aromatic rings. The standard InChI is InChI=1S/C24H23FO4S/c1-14-2-3-16(24-23(28)21(27)12-19(13-26)29-24)10-17(14)11-20-8-9-22(30-20)15-4-6-18(25)7-5-15/h2-10,19,23-24,26,28H,11-13H2,1H3/t19-,23-,24-/m0/s1. The largest absolute Gasteiger partial charge is 0.394 e. The van der Waals surface area contributed by atoms with E-state index in [1.54, 1.807) is 23.5 Å². The first-order chi connectivity index (χ1) is 14.4. The van der Waals surface area contributed by atoms with Crippen LogP contribution < -0.4 is 0 Å². The molecule has 156 valence electrons. The Morgan fingerprint density at radius 1 is 1.13 bits per heavy atom. The van der Waals surface area contributed by atoms with Gasteiger partial charge < -0.3 is 14.9 Å². The molecule has 1 fully saturated rings. The second-order valence-corrected chi connectivity index (χ2v) is 8.78. The smallest absolute Gasteiger partial charge is 0.166 e. The third-order valence-corrected chi connectivity index (χ3v) is 6.58. The van der Waals surface area contributed by atoms with Crippen LogP contribution in [-0.4, -0.2) is 34.8 Å². The molecule has 3 atom stereocenters. The van der Waals surface area contributed by atoms with Crippen molar-refractivity contribution in [3.8, 4) is 10.4 Å². The van der Waals surface area contributed by atoms with E-state index in [0.717, 1.165) is 32.0 Å². The first-order valence-electron chi connectivity index (χ1n) is 9.86. The van der Waals surface area contributed by atoms with Crippen molar-refractivity contribution < 1.29 is 24.1 Å². The number of carbonyl (C=O) groups excluding carboxylic acids is 1. The number of ketones is 1. The Bertz CT molecular complexity index is 1040.